The van der Waals surface area contributed by atoms with Crippen molar-refractivity contribution >= 4 is 11.6 Å². The van der Waals surface area contributed by atoms with E-state index < -0.39 is 41.0 Å². The molecule has 4 aliphatic rings. The third kappa shape index (κ3) is 2.21. The molecule has 6 nitrogen and oxygen atoms in total. The van der Waals surface area contributed by atoms with Gasteiger partial charge in [0.2, 0.25) is 0 Å². The molecule has 0 aromatic carbocycles. The van der Waals surface area contributed by atoms with Gasteiger partial charge in [-0.15, -0.1) is 0 Å². The predicted molar refractivity (Wildman–Crippen MR) is 96.4 cm³/mol. The molecule has 2 unspecified atom stereocenters. The fraction of sp³-hybridized carbons (Fsp3) is 0.714. The van der Waals surface area contributed by atoms with E-state index in [1.165, 1.54) is 0 Å². The van der Waals surface area contributed by atoms with Crippen LogP contribution in [-0.2, 0) is 9.59 Å². The van der Waals surface area contributed by atoms with Crippen LogP contribution in [0.15, 0.2) is 23.8 Å². The minimum Gasteiger partial charge on any atom is -0.393 e. The van der Waals surface area contributed by atoms with Crippen LogP contribution in [0.25, 0.3) is 0 Å². The van der Waals surface area contributed by atoms with Crippen molar-refractivity contribution in [2.45, 2.75) is 57.3 Å². The number of aliphatic hydroxyl groups excluding tert-OH is 3. The van der Waals surface area contributed by atoms with E-state index in [2.05, 4.69) is 0 Å². The number of Topliss-reactive ketones (excluding diaryl/α,β-unsaturated/α-hetero) is 1. The lowest BCUT2D eigenvalue weighted by Crippen LogP contribution is -2.63. The van der Waals surface area contributed by atoms with E-state index in [1.54, 1.807) is 19.1 Å². The number of aliphatic hydroxyl groups is 4. The lowest BCUT2D eigenvalue weighted by atomic mass is 9.46. The zero-order valence-corrected chi connectivity index (χ0v) is 15.8. The number of ketones is 2. The molecule has 0 radical (unpaired) electrons. The molecule has 0 heterocycles. The van der Waals surface area contributed by atoms with Crippen molar-refractivity contribution in [3.8, 4) is 0 Å². The first-order valence-corrected chi connectivity index (χ1v) is 9.76. The van der Waals surface area contributed by atoms with Crippen LogP contribution in [0, 0.1) is 28.6 Å². The molecule has 0 amide bonds. The maximum Gasteiger partial charge on any atom is 0.192 e. The van der Waals surface area contributed by atoms with E-state index in [9.17, 15) is 30.0 Å². The molecule has 3 saturated carbocycles. The molecule has 0 bridgehead atoms. The van der Waals surface area contributed by atoms with Gasteiger partial charge in [0, 0.05) is 16.7 Å². The Hall–Kier alpha value is -1.34. The van der Waals surface area contributed by atoms with E-state index in [4.69, 9.17) is 0 Å². The SMILES string of the molecule is CC12C=CC(=O)C=C1CC[C@@H]1[C@@H]2[C@@H](O)C[C@@]2(C)[C@H]1CC(O)[C@]2(O)C(=O)CO. The van der Waals surface area contributed by atoms with E-state index in [1.807, 2.05) is 13.0 Å². The van der Waals surface area contributed by atoms with Crippen molar-refractivity contribution in [2.75, 3.05) is 6.61 Å². The van der Waals surface area contributed by atoms with Gasteiger partial charge in [-0.2, -0.15) is 0 Å². The number of carbonyl (C=O) groups is 2. The summed E-state index contributed by atoms with van der Waals surface area (Å²) in [7, 11) is 0. The Morgan fingerprint density at radius 3 is 2.67 bits per heavy atom. The quantitative estimate of drug-likeness (QED) is 0.559. The number of hydrogen-bond donors (Lipinski definition) is 4. The van der Waals surface area contributed by atoms with Crippen LogP contribution in [0.1, 0.15) is 39.5 Å². The summed E-state index contributed by atoms with van der Waals surface area (Å²) in [6.45, 7) is 2.96. The van der Waals surface area contributed by atoms with Crippen LogP contribution in [0.5, 0.6) is 0 Å². The largest absolute Gasteiger partial charge is 0.393 e. The fourth-order valence-electron chi connectivity index (χ4n) is 6.96. The summed E-state index contributed by atoms with van der Waals surface area (Å²) in [6, 6.07) is 0. The summed E-state index contributed by atoms with van der Waals surface area (Å²) in [5.41, 5.74) is -2.46. The molecule has 8 atom stereocenters. The van der Waals surface area contributed by atoms with Crippen molar-refractivity contribution in [1.82, 2.24) is 0 Å². The van der Waals surface area contributed by atoms with E-state index in [-0.39, 0.29) is 36.4 Å². The van der Waals surface area contributed by atoms with Crippen molar-refractivity contribution in [3.05, 3.63) is 23.8 Å². The molecule has 4 aliphatic carbocycles. The zero-order chi connectivity index (χ0) is 19.8. The Morgan fingerprint density at radius 1 is 1.30 bits per heavy atom. The minimum absolute atomic E-state index is 0.00826. The maximum atomic E-state index is 12.4. The highest BCUT2D eigenvalue weighted by molar-refractivity contribution is 6.01. The monoisotopic (exact) mass is 376 g/mol. The molecule has 0 aromatic heterocycles. The number of fused-ring (bicyclic) bond motifs is 5. The number of carbonyl (C=O) groups excluding carboxylic acids is 2. The molecule has 6 heteroatoms. The number of allylic oxidation sites excluding steroid dienone is 4. The van der Waals surface area contributed by atoms with Gasteiger partial charge in [0.25, 0.3) is 0 Å². The molecule has 4 N–H and O–H groups in total. The van der Waals surface area contributed by atoms with Gasteiger partial charge in [-0.05, 0) is 49.7 Å². The third-order valence-corrected chi connectivity index (χ3v) is 8.28. The second kappa shape index (κ2) is 5.83. The number of rotatable bonds is 2. The molecule has 148 valence electrons. The fourth-order valence-corrected chi connectivity index (χ4v) is 6.96. The van der Waals surface area contributed by atoms with Crippen molar-refractivity contribution in [3.63, 3.8) is 0 Å². The normalized spacial score (nSPS) is 51.3. The zero-order valence-electron chi connectivity index (χ0n) is 15.8. The lowest BCUT2D eigenvalue weighted by Gasteiger charge is -2.59. The van der Waals surface area contributed by atoms with E-state index in [0.717, 1.165) is 18.4 Å². The molecular formula is C21H28O6. The highest BCUT2D eigenvalue weighted by Crippen LogP contribution is 2.67. The van der Waals surface area contributed by atoms with Crippen molar-refractivity contribution in [1.29, 1.82) is 0 Å². The average Bonchev–Trinajstić information content (AvgIpc) is 2.82. The van der Waals surface area contributed by atoms with E-state index in [0.29, 0.717) is 0 Å². The Morgan fingerprint density at radius 2 is 2.00 bits per heavy atom. The first-order chi connectivity index (χ1) is 12.6. The van der Waals surface area contributed by atoms with Gasteiger partial charge < -0.3 is 20.4 Å². The van der Waals surface area contributed by atoms with Crippen LogP contribution in [0.2, 0.25) is 0 Å². The predicted octanol–water partition coefficient (Wildman–Crippen LogP) is 0.528. The highest BCUT2D eigenvalue weighted by Gasteiger charge is 2.71. The topological polar surface area (TPSA) is 115 Å². The van der Waals surface area contributed by atoms with E-state index >= 15 is 0 Å². The summed E-state index contributed by atoms with van der Waals surface area (Å²) in [4.78, 5) is 24.2. The Bertz CT molecular complexity index is 756. The number of hydrogen-bond acceptors (Lipinski definition) is 6. The van der Waals surface area contributed by atoms with Crippen LogP contribution < -0.4 is 0 Å². The summed E-state index contributed by atoms with van der Waals surface area (Å²) in [5.74, 6) is -1.09. The second-order valence-corrected chi connectivity index (χ2v) is 9.31. The van der Waals surface area contributed by atoms with Crippen LogP contribution in [0.3, 0.4) is 0 Å². The second-order valence-electron chi connectivity index (χ2n) is 9.31. The first-order valence-electron chi connectivity index (χ1n) is 9.76. The summed E-state index contributed by atoms with van der Waals surface area (Å²) in [6.07, 6.45) is 4.97. The molecule has 4 rings (SSSR count). The Balaban J connectivity index is 1.78. The average molecular weight is 376 g/mol. The van der Waals surface area contributed by atoms with Crippen LogP contribution >= 0.6 is 0 Å². The van der Waals surface area contributed by atoms with Crippen LogP contribution in [0.4, 0.5) is 0 Å². The van der Waals surface area contributed by atoms with Gasteiger partial charge in [0.15, 0.2) is 17.2 Å². The minimum atomic E-state index is -2.05. The Labute approximate surface area is 158 Å². The third-order valence-electron chi connectivity index (χ3n) is 8.28. The molecule has 0 saturated heterocycles. The summed E-state index contributed by atoms with van der Waals surface area (Å²) >= 11 is 0. The van der Waals surface area contributed by atoms with Gasteiger partial charge in [-0.1, -0.05) is 25.5 Å². The summed E-state index contributed by atoms with van der Waals surface area (Å²) < 4.78 is 0. The molecule has 3 fully saturated rings. The van der Waals surface area contributed by atoms with Gasteiger partial charge >= 0.3 is 0 Å². The smallest absolute Gasteiger partial charge is 0.192 e. The standard InChI is InChI=1S/C21H28O6/c1-19-6-5-12(23)7-11(19)3-4-13-14-8-16(25)21(27,17(26)10-22)20(14,2)9-15(24)18(13)19/h5-7,13-16,18,22,24-25,27H,3-4,8-10H2,1-2H3/t13-,14-,15-,16?,18+,19?,20-,21-/m0/s1. The maximum absolute atomic E-state index is 12.4. The van der Waals surface area contributed by atoms with Crippen LogP contribution in [-0.4, -0.2) is 56.4 Å². The van der Waals surface area contributed by atoms with Gasteiger partial charge in [0.1, 0.15) is 6.61 Å². The van der Waals surface area contributed by atoms with Crippen molar-refractivity contribution < 1.29 is 30.0 Å². The summed E-state index contributed by atoms with van der Waals surface area (Å²) in [5, 5.41) is 42.3. The van der Waals surface area contributed by atoms with Gasteiger partial charge in [0.05, 0.1) is 12.2 Å². The highest BCUT2D eigenvalue weighted by atomic mass is 16.4. The molecule has 0 aromatic rings. The van der Waals surface area contributed by atoms with Crippen molar-refractivity contribution in [2.24, 2.45) is 28.6 Å². The lowest BCUT2D eigenvalue weighted by molar-refractivity contribution is -0.190. The Kier molecular flexibility index (Phi) is 4.10. The molecular weight excluding hydrogens is 348 g/mol. The molecule has 0 spiro atoms. The molecule has 27 heavy (non-hydrogen) atoms. The van der Waals surface area contributed by atoms with Gasteiger partial charge in [-0.25, -0.2) is 0 Å². The molecule has 0 aliphatic heterocycles. The first kappa shape index (κ1) is 19.0. The van der Waals surface area contributed by atoms with Gasteiger partial charge in [-0.3, -0.25) is 9.59 Å².